The van der Waals surface area contributed by atoms with Crippen molar-refractivity contribution in [3.05, 3.63) is 77.3 Å². The van der Waals surface area contributed by atoms with Crippen LogP contribution in [0.3, 0.4) is 0 Å². The SMILES string of the molecule is CCC(Sc1cccc(NC(=S)Nc2ccccc2OC)c1)C(=O)Nc1cc(C(=O)O)ccc1Cl. The molecule has 0 saturated heterocycles. The third-order valence-electron chi connectivity index (χ3n) is 4.86. The second-order valence-corrected chi connectivity index (χ2v) is 9.40. The molecule has 0 heterocycles. The summed E-state index contributed by atoms with van der Waals surface area (Å²) in [7, 11) is 1.59. The number of benzene rings is 3. The van der Waals surface area contributed by atoms with Crippen LogP contribution in [0, 0.1) is 0 Å². The van der Waals surface area contributed by atoms with E-state index in [-0.39, 0.29) is 22.2 Å². The first-order valence-electron chi connectivity index (χ1n) is 10.6. The van der Waals surface area contributed by atoms with Crippen molar-refractivity contribution in [1.29, 1.82) is 0 Å². The van der Waals surface area contributed by atoms with Gasteiger partial charge in [0, 0.05) is 10.6 Å². The zero-order valence-electron chi connectivity index (χ0n) is 19.0. The maximum Gasteiger partial charge on any atom is 0.335 e. The lowest BCUT2D eigenvalue weighted by atomic mass is 10.2. The van der Waals surface area contributed by atoms with Gasteiger partial charge in [-0.25, -0.2) is 4.79 Å². The molecule has 0 fully saturated rings. The number of hydrogen-bond acceptors (Lipinski definition) is 5. The first-order valence-corrected chi connectivity index (χ1v) is 12.3. The van der Waals surface area contributed by atoms with Crippen LogP contribution >= 0.6 is 35.6 Å². The van der Waals surface area contributed by atoms with Crippen molar-refractivity contribution >= 4 is 69.6 Å². The Labute approximate surface area is 218 Å². The molecule has 4 N–H and O–H groups in total. The zero-order valence-corrected chi connectivity index (χ0v) is 21.4. The van der Waals surface area contributed by atoms with E-state index in [4.69, 9.17) is 28.6 Å². The van der Waals surface area contributed by atoms with Gasteiger partial charge in [0.25, 0.3) is 0 Å². The number of rotatable bonds is 9. The Morgan fingerprint density at radius 3 is 2.51 bits per heavy atom. The smallest absolute Gasteiger partial charge is 0.335 e. The minimum atomic E-state index is -1.10. The van der Waals surface area contributed by atoms with E-state index < -0.39 is 11.2 Å². The van der Waals surface area contributed by atoms with E-state index >= 15 is 0 Å². The number of nitrogens with one attached hydrogen (secondary N) is 3. The molecule has 10 heteroatoms. The third-order valence-corrected chi connectivity index (χ3v) is 6.75. The van der Waals surface area contributed by atoms with Crippen LogP contribution in [0.2, 0.25) is 5.02 Å². The number of halogens is 1. The summed E-state index contributed by atoms with van der Waals surface area (Å²) in [5.41, 5.74) is 1.81. The Morgan fingerprint density at radius 2 is 1.80 bits per heavy atom. The van der Waals surface area contributed by atoms with E-state index in [1.54, 1.807) is 7.11 Å². The zero-order chi connectivity index (χ0) is 25.4. The van der Waals surface area contributed by atoms with Crippen LogP contribution in [-0.2, 0) is 4.79 Å². The van der Waals surface area contributed by atoms with Crippen LogP contribution in [0.5, 0.6) is 5.75 Å². The number of carboxylic acid groups (broad SMARTS) is 1. The number of carbonyl (C=O) groups excluding carboxylic acids is 1. The van der Waals surface area contributed by atoms with Crippen molar-refractivity contribution < 1.29 is 19.4 Å². The number of para-hydroxylation sites is 2. The molecule has 0 aliphatic heterocycles. The van der Waals surface area contributed by atoms with Crippen molar-refractivity contribution in [1.82, 2.24) is 0 Å². The summed E-state index contributed by atoms with van der Waals surface area (Å²) in [4.78, 5) is 25.0. The lowest BCUT2D eigenvalue weighted by Gasteiger charge is -2.17. The van der Waals surface area contributed by atoms with Crippen molar-refractivity contribution in [3.63, 3.8) is 0 Å². The summed E-state index contributed by atoms with van der Waals surface area (Å²) < 4.78 is 5.33. The van der Waals surface area contributed by atoms with Crippen LogP contribution in [-0.4, -0.2) is 34.5 Å². The standard InChI is InChI=1S/C25H24ClN3O4S2/c1-3-22(23(30)28-20-13-15(24(31)32)11-12-18(20)26)35-17-8-6-7-16(14-17)27-25(34)29-19-9-4-5-10-21(19)33-2/h4-14,22H,3H2,1-2H3,(H,28,30)(H,31,32)(H2,27,29,34). The number of hydrogen-bond donors (Lipinski definition) is 4. The molecule has 3 aromatic carbocycles. The predicted molar refractivity (Wildman–Crippen MR) is 146 cm³/mol. The molecule has 0 aliphatic rings. The fourth-order valence-corrected chi connectivity index (χ4v) is 4.54. The number of carboxylic acids is 1. The average Bonchev–Trinajstić information content (AvgIpc) is 2.84. The number of thioether (sulfide) groups is 1. The third kappa shape index (κ3) is 7.35. The predicted octanol–water partition coefficient (Wildman–Crippen LogP) is 6.37. The quantitative estimate of drug-likeness (QED) is 0.187. The summed E-state index contributed by atoms with van der Waals surface area (Å²) in [5, 5.41) is 18.4. The number of anilines is 3. The molecule has 0 bridgehead atoms. The highest BCUT2D eigenvalue weighted by molar-refractivity contribution is 8.00. The number of thiocarbonyl (C=S) groups is 1. The average molecular weight is 530 g/mol. The maximum atomic E-state index is 12.9. The van der Waals surface area contributed by atoms with E-state index in [9.17, 15) is 14.7 Å². The topological polar surface area (TPSA) is 99.7 Å². The monoisotopic (exact) mass is 529 g/mol. The molecule has 3 rings (SSSR count). The molecule has 1 unspecified atom stereocenters. The molecule has 0 spiro atoms. The van der Waals surface area contributed by atoms with Crippen LogP contribution < -0.4 is 20.7 Å². The normalized spacial score (nSPS) is 11.3. The number of methoxy groups -OCH3 is 1. The van der Waals surface area contributed by atoms with Gasteiger partial charge in [0.05, 0.1) is 34.3 Å². The fourth-order valence-electron chi connectivity index (χ4n) is 3.13. The van der Waals surface area contributed by atoms with Crippen LogP contribution in [0.25, 0.3) is 0 Å². The first kappa shape index (κ1) is 26.3. The molecule has 0 saturated carbocycles. The molecule has 0 aromatic heterocycles. The fraction of sp³-hybridized carbons (Fsp3) is 0.160. The minimum Gasteiger partial charge on any atom is -0.495 e. The Balaban J connectivity index is 1.66. The number of carbonyl (C=O) groups is 2. The van der Waals surface area contributed by atoms with Gasteiger partial charge >= 0.3 is 5.97 Å². The lowest BCUT2D eigenvalue weighted by molar-refractivity contribution is -0.115. The largest absolute Gasteiger partial charge is 0.495 e. The Bertz CT molecular complexity index is 1240. The molecule has 3 aromatic rings. The summed E-state index contributed by atoms with van der Waals surface area (Å²) in [6.45, 7) is 1.90. The van der Waals surface area contributed by atoms with Crippen LogP contribution in [0.1, 0.15) is 23.7 Å². The van der Waals surface area contributed by atoms with Crippen LogP contribution in [0.15, 0.2) is 71.6 Å². The van der Waals surface area contributed by atoms with Gasteiger partial charge in [-0.1, -0.05) is 36.7 Å². The van der Waals surface area contributed by atoms with Gasteiger partial charge in [0.15, 0.2) is 5.11 Å². The van der Waals surface area contributed by atoms with Crippen molar-refractivity contribution in [2.45, 2.75) is 23.5 Å². The molecular formula is C25H24ClN3O4S2. The Kier molecular flexibility index (Phi) is 9.36. The minimum absolute atomic E-state index is 0.0434. The molecule has 7 nitrogen and oxygen atoms in total. The van der Waals surface area contributed by atoms with Gasteiger partial charge in [0.2, 0.25) is 5.91 Å². The molecule has 0 aliphatic carbocycles. The van der Waals surface area contributed by atoms with Crippen LogP contribution in [0.4, 0.5) is 17.1 Å². The van der Waals surface area contributed by atoms with Gasteiger partial charge < -0.3 is 25.8 Å². The highest BCUT2D eigenvalue weighted by atomic mass is 35.5. The number of aromatic carboxylic acids is 1. The Hall–Kier alpha value is -3.27. The summed E-state index contributed by atoms with van der Waals surface area (Å²) in [5.74, 6) is -0.693. The van der Waals surface area contributed by atoms with E-state index in [0.717, 1.165) is 16.3 Å². The van der Waals surface area contributed by atoms with Gasteiger partial charge in [0.1, 0.15) is 5.75 Å². The first-order chi connectivity index (χ1) is 16.8. The summed E-state index contributed by atoms with van der Waals surface area (Å²) >= 11 is 13.0. The lowest BCUT2D eigenvalue weighted by Crippen LogP contribution is -2.25. The van der Waals surface area contributed by atoms with Gasteiger partial charge in [-0.3, -0.25) is 4.79 Å². The molecule has 1 amide bonds. The second-order valence-electron chi connectivity index (χ2n) is 7.31. The summed E-state index contributed by atoms with van der Waals surface area (Å²) in [6, 6.07) is 19.2. The molecule has 1 atom stereocenters. The van der Waals surface area contributed by atoms with Crippen molar-refractivity contribution in [2.24, 2.45) is 0 Å². The molecule has 182 valence electrons. The van der Waals surface area contributed by atoms with Gasteiger partial charge in [-0.2, -0.15) is 0 Å². The molecule has 0 radical (unpaired) electrons. The number of amides is 1. The highest BCUT2D eigenvalue weighted by Gasteiger charge is 2.20. The van der Waals surface area contributed by atoms with E-state index in [1.807, 2.05) is 55.5 Å². The highest BCUT2D eigenvalue weighted by Crippen LogP contribution is 2.30. The maximum absolute atomic E-state index is 12.9. The Morgan fingerprint density at radius 1 is 1.03 bits per heavy atom. The second kappa shape index (κ2) is 12.4. The van der Waals surface area contributed by atoms with E-state index in [2.05, 4.69) is 16.0 Å². The molecular weight excluding hydrogens is 506 g/mol. The number of ether oxygens (including phenoxy) is 1. The van der Waals surface area contributed by atoms with Crippen molar-refractivity contribution in [3.8, 4) is 5.75 Å². The summed E-state index contributed by atoms with van der Waals surface area (Å²) in [6.07, 6.45) is 0.554. The van der Waals surface area contributed by atoms with E-state index in [0.29, 0.717) is 17.3 Å². The van der Waals surface area contributed by atoms with E-state index in [1.165, 1.54) is 30.0 Å². The van der Waals surface area contributed by atoms with Crippen molar-refractivity contribution in [2.75, 3.05) is 23.1 Å². The molecule has 35 heavy (non-hydrogen) atoms. The van der Waals surface area contributed by atoms with Gasteiger partial charge in [-0.05, 0) is 67.2 Å². The van der Waals surface area contributed by atoms with Gasteiger partial charge in [-0.15, -0.1) is 11.8 Å².